The van der Waals surface area contributed by atoms with Crippen LogP contribution in [0.2, 0.25) is 0 Å². The van der Waals surface area contributed by atoms with Gasteiger partial charge in [0.2, 0.25) is 0 Å². The van der Waals surface area contributed by atoms with Gasteiger partial charge in [-0.05, 0) is 31.2 Å². The van der Waals surface area contributed by atoms with Crippen LogP contribution in [0.3, 0.4) is 0 Å². The second-order valence-electron chi connectivity index (χ2n) is 3.86. The fourth-order valence-electron chi connectivity index (χ4n) is 1.65. The zero-order valence-electron chi connectivity index (χ0n) is 9.92. The van der Waals surface area contributed by atoms with Crippen LogP contribution in [-0.2, 0) is 0 Å². The molecule has 2 rings (SSSR count). The van der Waals surface area contributed by atoms with Crippen LogP contribution in [0.25, 0.3) is 0 Å². The molecule has 0 aliphatic rings. The van der Waals surface area contributed by atoms with Crippen molar-refractivity contribution in [3.8, 4) is 0 Å². The van der Waals surface area contributed by atoms with Gasteiger partial charge in [-0.1, -0.05) is 18.2 Å². The van der Waals surface area contributed by atoms with E-state index in [-0.39, 0.29) is 0 Å². The molecule has 1 aromatic carbocycles. The van der Waals surface area contributed by atoms with E-state index < -0.39 is 0 Å². The van der Waals surface area contributed by atoms with E-state index in [2.05, 4.69) is 4.98 Å². The highest BCUT2D eigenvalue weighted by molar-refractivity contribution is 5.77. The predicted octanol–water partition coefficient (Wildman–Crippen LogP) is 2.97. The lowest BCUT2D eigenvalue weighted by Crippen LogP contribution is -2.11. The molecular weight excluding hydrogens is 212 g/mol. The average Bonchev–Trinajstić information content (AvgIpc) is 2.39. The summed E-state index contributed by atoms with van der Waals surface area (Å²) in [6.07, 6.45) is 0.828. The van der Waals surface area contributed by atoms with Crippen molar-refractivity contribution in [1.82, 2.24) is 4.98 Å². The van der Waals surface area contributed by atoms with Crippen LogP contribution in [-0.4, -0.2) is 18.3 Å². The summed E-state index contributed by atoms with van der Waals surface area (Å²) in [4.78, 5) is 17.1. The maximum absolute atomic E-state index is 10.7. The van der Waals surface area contributed by atoms with Crippen LogP contribution < -0.4 is 4.90 Å². The Morgan fingerprint density at radius 3 is 2.41 bits per heavy atom. The first-order valence-electron chi connectivity index (χ1n) is 5.44. The highest BCUT2D eigenvalue weighted by atomic mass is 16.1. The summed E-state index contributed by atoms with van der Waals surface area (Å²) in [6, 6.07) is 13.6. The van der Waals surface area contributed by atoms with Crippen LogP contribution >= 0.6 is 0 Å². The monoisotopic (exact) mass is 226 g/mol. The molecule has 0 N–H and O–H groups in total. The fourth-order valence-corrected chi connectivity index (χ4v) is 1.65. The van der Waals surface area contributed by atoms with Gasteiger partial charge in [0.05, 0.1) is 5.69 Å². The molecule has 17 heavy (non-hydrogen) atoms. The van der Waals surface area contributed by atoms with E-state index in [0.717, 1.165) is 23.5 Å². The van der Waals surface area contributed by atoms with Gasteiger partial charge in [0.1, 0.15) is 5.82 Å². The molecule has 0 bridgehead atoms. The molecule has 2 aromatic rings. The molecule has 0 saturated heterocycles. The number of hydrogen-bond acceptors (Lipinski definition) is 3. The van der Waals surface area contributed by atoms with Gasteiger partial charge in [-0.15, -0.1) is 0 Å². The minimum atomic E-state index is 0.634. The molecule has 3 nitrogen and oxygen atoms in total. The smallest absolute Gasteiger partial charge is 0.151 e. The lowest BCUT2D eigenvalue weighted by atomic mass is 10.2. The van der Waals surface area contributed by atoms with Crippen molar-refractivity contribution < 1.29 is 4.79 Å². The van der Waals surface area contributed by atoms with Crippen molar-refractivity contribution in [3.05, 3.63) is 53.7 Å². The Kier molecular flexibility index (Phi) is 3.19. The minimum Gasteiger partial charge on any atom is -0.329 e. The zero-order chi connectivity index (χ0) is 12.3. The van der Waals surface area contributed by atoms with Gasteiger partial charge in [0.25, 0.3) is 0 Å². The van der Waals surface area contributed by atoms with Crippen molar-refractivity contribution in [1.29, 1.82) is 0 Å². The third-order valence-corrected chi connectivity index (χ3v) is 2.73. The summed E-state index contributed by atoms with van der Waals surface area (Å²) in [5.74, 6) is 0.833. The number of carbonyl (C=O) groups is 1. The number of nitrogens with zero attached hydrogens (tertiary/aromatic N) is 2. The summed E-state index contributed by atoms with van der Waals surface area (Å²) in [5, 5.41) is 0. The minimum absolute atomic E-state index is 0.634. The van der Waals surface area contributed by atoms with E-state index >= 15 is 0 Å². The number of pyridine rings is 1. The Labute approximate surface area is 101 Å². The molecule has 0 aliphatic heterocycles. The first kappa shape index (κ1) is 11.3. The molecule has 1 heterocycles. The number of rotatable bonds is 3. The fraction of sp³-hybridized carbons (Fsp3) is 0.143. The molecule has 86 valence electrons. The normalized spacial score (nSPS) is 10.0. The average molecular weight is 226 g/mol. The quantitative estimate of drug-likeness (QED) is 0.754. The maximum Gasteiger partial charge on any atom is 0.151 e. The van der Waals surface area contributed by atoms with Gasteiger partial charge in [0, 0.05) is 18.3 Å². The van der Waals surface area contributed by atoms with E-state index in [0.29, 0.717) is 5.56 Å². The molecule has 3 heteroatoms. The summed E-state index contributed by atoms with van der Waals surface area (Å²) < 4.78 is 0. The lowest BCUT2D eigenvalue weighted by Gasteiger charge is -2.18. The van der Waals surface area contributed by atoms with Crippen molar-refractivity contribution in [3.63, 3.8) is 0 Å². The second kappa shape index (κ2) is 4.78. The topological polar surface area (TPSA) is 33.2 Å². The van der Waals surface area contributed by atoms with Gasteiger partial charge in [0.15, 0.2) is 6.29 Å². The van der Waals surface area contributed by atoms with E-state index in [1.165, 1.54) is 0 Å². The van der Waals surface area contributed by atoms with E-state index in [1.807, 2.05) is 55.3 Å². The summed E-state index contributed by atoms with van der Waals surface area (Å²) in [5.41, 5.74) is 2.45. The van der Waals surface area contributed by atoms with E-state index in [4.69, 9.17) is 0 Å². The van der Waals surface area contributed by atoms with Crippen LogP contribution in [0.4, 0.5) is 11.5 Å². The largest absolute Gasteiger partial charge is 0.329 e. The number of aldehydes is 1. The standard InChI is InChI=1S/C14H14N2O/c1-11-12(10-17)8-9-14(15-11)16(2)13-6-4-3-5-7-13/h3-10H,1-2H3. The van der Waals surface area contributed by atoms with Gasteiger partial charge >= 0.3 is 0 Å². The molecule has 0 atom stereocenters. The summed E-state index contributed by atoms with van der Waals surface area (Å²) in [7, 11) is 1.96. The molecule has 0 radical (unpaired) electrons. The Morgan fingerprint density at radius 2 is 1.82 bits per heavy atom. The van der Waals surface area contributed by atoms with Crippen molar-refractivity contribution >= 4 is 17.8 Å². The Bertz CT molecular complexity index is 523. The number of benzene rings is 1. The number of aryl methyl sites for hydroxylation is 1. The van der Waals surface area contributed by atoms with Crippen LogP contribution in [0.1, 0.15) is 16.1 Å². The number of carbonyl (C=O) groups excluding carboxylic acids is 1. The van der Waals surface area contributed by atoms with E-state index in [1.54, 1.807) is 6.07 Å². The number of anilines is 2. The first-order chi connectivity index (χ1) is 8.22. The lowest BCUT2D eigenvalue weighted by molar-refractivity contribution is 0.112. The number of para-hydroxylation sites is 1. The van der Waals surface area contributed by atoms with Crippen molar-refractivity contribution in [2.75, 3.05) is 11.9 Å². The molecule has 0 fully saturated rings. The Morgan fingerprint density at radius 1 is 1.12 bits per heavy atom. The first-order valence-corrected chi connectivity index (χ1v) is 5.44. The molecule has 0 aliphatic carbocycles. The number of aromatic nitrogens is 1. The molecule has 1 aromatic heterocycles. The summed E-state index contributed by atoms with van der Waals surface area (Å²) in [6.45, 7) is 1.84. The highest BCUT2D eigenvalue weighted by Gasteiger charge is 2.06. The van der Waals surface area contributed by atoms with Crippen LogP contribution in [0.15, 0.2) is 42.5 Å². The van der Waals surface area contributed by atoms with Crippen molar-refractivity contribution in [2.24, 2.45) is 0 Å². The Hall–Kier alpha value is -2.16. The van der Waals surface area contributed by atoms with Gasteiger partial charge in [-0.2, -0.15) is 0 Å². The molecule has 0 amide bonds. The van der Waals surface area contributed by atoms with E-state index in [9.17, 15) is 4.79 Å². The molecular formula is C14H14N2O. The third kappa shape index (κ3) is 2.33. The highest BCUT2D eigenvalue weighted by Crippen LogP contribution is 2.21. The molecule has 0 unspecified atom stereocenters. The van der Waals surface area contributed by atoms with Crippen LogP contribution in [0, 0.1) is 6.92 Å². The third-order valence-electron chi connectivity index (χ3n) is 2.73. The SMILES string of the molecule is Cc1nc(N(C)c2ccccc2)ccc1C=O. The summed E-state index contributed by atoms with van der Waals surface area (Å²) >= 11 is 0. The Balaban J connectivity index is 2.35. The van der Waals surface area contributed by atoms with Gasteiger partial charge < -0.3 is 4.90 Å². The number of hydrogen-bond donors (Lipinski definition) is 0. The molecule has 0 spiro atoms. The second-order valence-corrected chi connectivity index (χ2v) is 3.86. The maximum atomic E-state index is 10.7. The van der Waals surface area contributed by atoms with Gasteiger partial charge in [-0.3, -0.25) is 4.79 Å². The zero-order valence-corrected chi connectivity index (χ0v) is 9.92. The van der Waals surface area contributed by atoms with Crippen molar-refractivity contribution in [2.45, 2.75) is 6.92 Å². The molecule has 0 saturated carbocycles. The van der Waals surface area contributed by atoms with Gasteiger partial charge in [-0.25, -0.2) is 4.98 Å². The van der Waals surface area contributed by atoms with Crippen LogP contribution in [0.5, 0.6) is 0 Å². The predicted molar refractivity (Wildman–Crippen MR) is 68.9 cm³/mol.